The lowest BCUT2D eigenvalue weighted by molar-refractivity contribution is -0.137. The second kappa shape index (κ2) is 5.07. The quantitative estimate of drug-likeness (QED) is 0.731. The first-order chi connectivity index (χ1) is 9.62. The van der Waals surface area contributed by atoms with Gasteiger partial charge in [-0.3, -0.25) is 4.79 Å². The fourth-order valence-electron chi connectivity index (χ4n) is 1.75. The molecule has 0 N–H and O–H groups in total. The average Bonchev–Trinajstić information content (AvgIpc) is 2.65. The molecule has 0 saturated carbocycles. The predicted octanol–water partition coefficient (Wildman–Crippen LogP) is 4.14. The van der Waals surface area contributed by atoms with Crippen molar-refractivity contribution in [2.75, 3.05) is 4.90 Å². The van der Waals surface area contributed by atoms with Gasteiger partial charge < -0.3 is 4.74 Å². The Morgan fingerprint density at radius 1 is 1.24 bits per heavy atom. The molecule has 0 radical (unpaired) electrons. The van der Waals surface area contributed by atoms with Crippen molar-refractivity contribution in [1.82, 2.24) is 0 Å². The summed E-state index contributed by atoms with van der Waals surface area (Å²) in [5.74, 6) is -1.06. The first kappa shape index (κ1) is 15.4. The minimum atomic E-state index is -4.62. The number of hydrogen-bond acceptors (Lipinski definition) is 3. The number of hydrogen-bond donors (Lipinski definition) is 0. The number of benzene rings is 1. The number of rotatable bonds is 1. The third-order valence-electron chi connectivity index (χ3n) is 2.74. The van der Waals surface area contributed by atoms with E-state index >= 15 is 0 Å². The molecule has 1 aromatic carbocycles. The summed E-state index contributed by atoms with van der Waals surface area (Å²) in [4.78, 5) is 24.3. The minimum absolute atomic E-state index is 0.164. The van der Waals surface area contributed by atoms with E-state index in [4.69, 9.17) is 16.3 Å². The number of halogens is 4. The summed E-state index contributed by atoms with van der Waals surface area (Å²) in [5.41, 5.74) is -0.954. The molecule has 4 nitrogen and oxygen atoms in total. The van der Waals surface area contributed by atoms with Gasteiger partial charge in [-0.15, -0.1) is 0 Å². The van der Waals surface area contributed by atoms with E-state index in [2.05, 4.69) is 0 Å². The Balaban J connectivity index is 2.55. The Hall–Kier alpha value is -2.02. The minimum Gasteiger partial charge on any atom is -0.404 e. The monoisotopic (exact) mass is 319 g/mol. The van der Waals surface area contributed by atoms with Crippen molar-refractivity contribution in [3.63, 3.8) is 0 Å². The number of nitrogens with zero attached hydrogens (tertiary/aromatic N) is 1. The molecule has 0 spiro atoms. The number of amides is 2. The highest BCUT2D eigenvalue weighted by atomic mass is 35.5. The van der Waals surface area contributed by atoms with Gasteiger partial charge in [0.25, 0.3) is 0 Å². The van der Waals surface area contributed by atoms with Crippen LogP contribution in [0.15, 0.2) is 29.5 Å². The molecule has 112 valence electrons. The van der Waals surface area contributed by atoms with Gasteiger partial charge in [0.05, 0.1) is 16.3 Å². The van der Waals surface area contributed by atoms with Crippen molar-refractivity contribution in [2.24, 2.45) is 0 Å². The lowest BCUT2D eigenvalue weighted by atomic mass is 10.1. The van der Waals surface area contributed by atoms with Crippen LogP contribution in [-0.4, -0.2) is 12.0 Å². The summed E-state index contributed by atoms with van der Waals surface area (Å²) in [6.45, 7) is 3.08. The van der Waals surface area contributed by atoms with Crippen molar-refractivity contribution in [3.8, 4) is 0 Å². The fourth-order valence-corrected chi connectivity index (χ4v) is 1.95. The number of carbonyl (C=O) groups excluding carboxylic acids is 2. The highest BCUT2D eigenvalue weighted by Crippen LogP contribution is 2.37. The molecule has 2 rings (SSSR count). The lowest BCUT2D eigenvalue weighted by Crippen LogP contribution is -2.29. The van der Waals surface area contributed by atoms with Gasteiger partial charge in [0, 0.05) is 0 Å². The standard InChI is InChI=1S/C13H9ClF3NO3/c1-6(2)10-11(19)18(12(20)21-10)9-5-7(13(15,16)17)3-4-8(9)14/h3-5H,1-2H3. The van der Waals surface area contributed by atoms with Crippen LogP contribution in [0.3, 0.4) is 0 Å². The van der Waals surface area contributed by atoms with Crippen molar-refractivity contribution in [2.45, 2.75) is 20.0 Å². The zero-order valence-electron chi connectivity index (χ0n) is 10.9. The molecule has 0 bridgehead atoms. The van der Waals surface area contributed by atoms with Gasteiger partial charge in [-0.1, -0.05) is 11.6 Å². The normalized spacial score (nSPS) is 15.5. The van der Waals surface area contributed by atoms with Crippen molar-refractivity contribution in [1.29, 1.82) is 0 Å². The molecule has 0 aliphatic carbocycles. The number of carbonyl (C=O) groups is 2. The Labute approximate surface area is 122 Å². The van der Waals surface area contributed by atoms with E-state index in [1.807, 2.05) is 0 Å². The summed E-state index contributed by atoms with van der Waals surface area (Å²) in [6.07, 6.45) is -5.71. The fraction of sp³-hybridized carbons (Fsp3) is 0.231. The van der Waals surface area contributed by atoms with Crippen molar-refractivity contribution < 1.29 is 27.5 Å². The maximum Gasteiger partial charge on any atom is 0.427 e. The Morgan fingerprint density at radius 3 is 2.33 bits per heavy atom. The molecule has 1 fully saturated rings. The number of ether oxygens (including phenoxy) is 1. The summed E-state index contributed by atoms with van der Waals surface area (Å²) in [5, 5.41) is -0.164. The van der Waals surface area contributed by atoms with Gasteiger partial charge in [0.15, 0.2) is 5.76 Å². The van der Waals surface area contributed by atoms with Crippen LogP contribution in [0.4, 0.5) is 23.7 Å². The molecular weight excluding hydrogens is 311 g/mol. The van der Waals surface area contributed by atoms with Crippen LogP contribution in [0.1, 0.15) is 19.4 Å². The van der Waals surface area contributed by atoms with Gasteiger partial charge in [-0.2, -0.15) is 13.2 Å². The lowest BCUT2D eigenvalue weighted by Gasteiger charge is -2.15. The molecule has 0 unspecified atom stereocenters. The van der Waals surface area contributed by atoms with Gasteiger partial charge in [0.2, 0.25) is 0 Å². The summed E-state index contributed by atoms with van der Waals surface area (Å²) >= 11 is 5.80. The number of imide groups is 1. The Bertz CT molecular complexity index is 663. The van der Waals surface area contributed by atoms with Gasteiger partial charge >= 0.3 is 18.2 Å². The first-order valence-electron chi connectivity index (χ1n) is 5.73. The van der Waals surface area contributed by atoms with Crippen molar-refractivity contribution in [3.05, 3.63) is 40.1 Å². The van der Waals surface area contributed by atoms with E-state index in [1.165, 1.54) is 13.8 Å². The Kier molecular flexibility index (Phi) is 3.71. The summed E-state index contributed by atoms with van der Waals surface area (Å²) in [6, 6.07) is 2.37. The molecule has 1 aliphatic heterocycles. The van der Waals surface area contributed by atoms with Crippen LogP contribution in [-0.2, 0) is 15.7 Å². The van der Waals surface area contributed by atoms with Crippen LogP contribution in [0, 0.1) is 0 Å². The van der Waals surface area contributed by atoms with Gasteiger partial charge in [-0.05, 0) is 37.6 Å². The number of anilines is 1. The van der Waals surface area contributed by atoms with Crippen LogP contribution >= 0.6 is 11.6 Å². The number of allylic oxidation sites excluding steroid dienone is 1. The van der Waals surface area contributed by atoms with Gasteiger partial charge in [-0.25, -0.2) is 9.69 Å². The van der Waals surface area contributed by atoms with E-state index in [-0.39, 0.29) is 16.5 Å². The van der Waals surface area contributed by atoms with E-state index < -0.39 is 23.7 Å². The zero-order valence-corrected chi connectivity index (χ0v) is 11.7. The highest BCUT2D eigenvalue weighted by Gasteiger charge is 2.41. The number of cyclic esters (lactones) is 1. The van der Waals surface area contributed by atoms with Crippen LogP contribution < -0.4 is 4.90 Å². The third kappa shape index (κ3) is 2.73. The van der Waals surface area contributed by atoms with Gasteiger partial charge in [0.1, 0.15) is 0 Å². The molecule has 8 heteroatoms. The SMILES string of the molecule is CC(C)=C1OC(=O)N(c2cc(C(F)(F)F)ccc2Cl)C1=O. The maximum absolute atomic E-state index is 12.7. The molecule has 1 saturated heterocycles. The second-order valence-electron chi connectivity index (χ2n) is 4.50. The molecule has 21 heavy (non-hydrogen) atoms. The highest BCUT2D eigenvalue weighted by molar-refractivity contribution is 6.36. The third-order valence-corrected chi connectivity index (χ3v) is 3.06. The molecule has 0 aromatic heterocycles. The molecule has 2 amide bonds. The van der Waals surface area contributed by atoms with Crippen LogP contribution in [0.2, 0.25) is 5.02 Å². The largest absolute Gasteiger partial charge is 0.427 e. The molecule has 1 aliphatic rings. The molecule has 1 aromatic rings. The summed E-state index contributed by atoms with van der Waals surface area (Å²) < 4.78 is 42.9. The zero-order chi connectivity index (χ0) is 15.9. The molecule has 0 atom stereocenters. The Morgan fingerprint density at radius 2 is 1.86 bits per heavy atom. The van der Waals surface area contributed by atoms with E-state index in [0.29, 0.717) is 16.5 Å². The molecule has 1 heterocycles. The van der Waals surface area contributed by atoms with Crippen molar-refractivity contribution >= 4 is 29.3 Å². The predicted molar refractivity (Wildman–Crippen MR) is 68.8 cm³/mol. The van der Waals surface area contributed by atoms with E-state index in [1.54, 1.807) is 0 Å². The summed E-state index contributed by atoms with van der Waals surface area (Å²) in [7, 11) is 0. The van der Waals surface area contributed by atoms with E-state index in [9.17, 15) is 22.8 Å². The first-order valence-corrected chi connectivity index (χ1v) is 6.11. The van der Waals surface area contributed by atoms with Crippen LogP contribution in [0.25, 0.3) is 0 Å². The molecular formula is C13H9ClF3NO3. The smallest absolute Gasteiger partial charge is 0.404 e. The van der Waals surface area contributed by atoms with Crippen LogP contribution in [0.5, 0.6) is 0 Å². The average molecular weight is 320 g/mol. The topological polar surface area (TPSA) is 46.6 Å². The second-order valence-corrected chi connectivity index (χ2v) is 4.91. The number of alkyl halides is 3. The van der Waals surface area contributed by atoms with E-state index in [0.717, 1.165) is 12.1 Å². The maximum atomic E-state index is 12.7.